The quantitative estimate of drug-likeness (QED) is 0.447. The van der Waals surface area contributed by atoms with E-state index in [1.807, 2.05) is 13.8 Å². The molecule has 3 unspecified atom stereocenters. The zero-order chi connectivity index (χ0) is 11.4. The van der Waals surface area contributed by atoms with Crippen molar-refractivity contribution >= 4 is 5.84 Å². The Balaban J connectivity index is 2.63. The minimum Gasteiger partial charge on any atom is -0.394 e. The molecule has 1 aliphatic rings. The largest absolute Gasteiger partial charge is 0.394 e. The van der Waals surface area contributed by atoms with Crippen molar-refractivity contribution in [2.24, 2.45) is 5.73 Å². The Labute approximate surface area is 90.7 Å². The number of morpholine rings is 1. The van der Waals surface area contributed by atoms with E-state index < -0.39 is 0 Å². The van der Waals surface area contributed by atoms with Gasteiger partial charge < -0.3 is 15.6 Å². The van der Waals surface area contributed by atoms with Gasteiger partial charge in [0.15, 0.2) is 0 Å². The van der Waals surface area contributed by atoms with Crippen LogP contribution in [0, 0.1) is 5.41 Å². The number of aliphatic hydroxyl groups excluding tert-OH is 1. The van der Waals surface area contributed by atoms with E-state index in [9.17, 15) is 0 Å². The van der Waals surface area contributed by atoms with Gasteiger partial charge in [-0.15, -0.1) is 0 Å². The highest BCUT2D eigenvalue weighted by molar-refractivity contribution is 5.82. The molecule has 4 N–H and O–H groups in total. The van der Waals surface area contributed by atoms with Gasteiger partial charge >= 0.3 is 0 Å². The fourth-order valence-electron chi connectivity index (χ4n) is 2.11. The molecule has 0 aromatic rings. The predicted molar refractivity (Wildman–Crippen MR) is 59.0 cm³/mol. The Morgan fingerprint density at radius 3 is 2.80 bits per heavy atom. The van der Waals surface area contributed by atoms with Crippen LogP contribution in [0.4, 0.5) is 0 Å². The van der Waals surface area contributed by atoms with E-state index in [4.69, 9.17) is 21.0 Å². The summed E-state index contributed by atoms with van der Waals surface area (Å²) in [5.41, 5.74) is 5.55. The van der Waals surface area contributed by atoms with E-state index in [2.05, 4.69) is 4.90 Å². The number of amidine groups is 1. The van der Waals surface area contributed by atoms with Crippen LogP contribution in [0.3, 0.4) is 0 Å². The lowest BCUT2D eigenvalue weighted by molar-refractivity contribution is -0.0998. The minimum absolute atomic E-state index is 0.0228. The maximum absolute atomic E-state index is 9.08. The number of nitrogens with two attached hydrogens (primary N) is 1. The first-order valence-electron chi connectivity index (χ1n) is 5.42. The van der Waals surface area contributed by atoms with Crippen molar-refractivity contribution in [2.45, 2.75) is 38.5 Å². The molecule has 88 valence electrons. The summed E-state index contributed by atoms with van der Waals surface area (Å²) in [6, 6.07) is -0.0228. The highest BCUT2D eigenvalue weighted by Crippen LogP contribution is 2.15. The Morgan fingerprint density at radius 2 is 2.33 bits per heavy atom. The number of nitrogens with zero attached hydrogens (tertiary/aromatic N) is 1. The third-order valence-corrected chi connectivity index (χ3v) is 2.74. The second-order valence-electron chi connectivity index (χ2n) is 4.08. The highest BCUT2D eigenvalue weighted by atomic mass is 16.5. The number of rotatable bonds is 4. The fourth-order valence-corrected chi connectivity index (χ4v) is 2.11. The summed E-state index contributed by atoms with van der Waals surface area (Å²) in [6.07, 6.45) is 0.756. The second-order valence-corrected chi connectivity index (χ2v) is 4.08. The van der Waals surface area contributed by atoms with Gasteiger partial charge in [-0.2, -0.15) is 0 Å². The number of hydrogen-bond donors (Lipinski definition) is 3. The first-order chi connectivity index (χ1) is 7.08. The van der Waals surface area contributed by atoms with Crippen molar-refractivity contribution in [1.29, 1.82) is 5.41 Å². The monoisotopic (exact) mass is 215 g/mol. The summed E-state index contributed by atoms with van der Waals surface area (Å²) in [4.78, 5) is 2.12. The van der Waals surface area contributed by atoms with Crippen LogP contribution in [0.15, 0.2) is 0 Å². The molecular formula is C10H21N3O2. The van der Waals surface area contributed by atoms with Crippen LogP contribution in [0.25, 0.3) is 0 Å². The number of ether oxygens (including phenoxy) is 1. The molecule has 5 nitrogen and oxygen atoms in total. The van der Waals surface area contributed by atoms with Crippen LogP contribution in [0.1, 0.15) is 20.3 Å². The SMILES string of the molecule is CCC(C(=N)N)N1CC(C)OC(CO)C1. The van der Waals surface area contributed by atoms with Gasteiger partial charge in [-0.05, 0) is 13.3 Å². The first kappa shape index (κ1) is 12.4. The van der Waals surface area contributed by atoms with E-state index in [0.717, 1.165) is 13.0 Å². The standard InChI is InChI=1S/C10H21N3O2/c1-3-9(10(11)12)13-4-7(2)15-8(5-13)6-14/h7-9,14H,3-6H2,1-2H3,(H3,11,12). The van der Waals surface area contributed by atoms with Crippen LogP contribution in [-0.4, -0.2) is 53.8 Å². The normalized spacial score (nSPS) is 30.1. The van der Waals surface area contributed by atoms with Crippen LogP contribution in [0.5, 0.6) is 0 Å². The molecule has 0 aromatic heterocycles. The van der Waals surface area contributed by atoms with E-state index in [-0.39, 0.29) is 30.7 Å². The van der Waals surface area contributed by atoms with Crippen LogP contribution in [0.2, 0.25) is 0 Å². The highest BCUT2D eigenvalue weighted by Gasteiger charge is 2.29. The summed E-state index contributed by atoms with van der Waals surface area (Å²) in [5.74, 6) is 0.197. The minimum atomic E-state index is -0.151. The molecule has 0 radical (unpaired) electrons. The lowest BCUT2D eigenvalue weighted by Crippen LogP contribution is -2.55. The van der Waals surface area contributed by atoms with Gasteiger partial charge in [-0.3, -0.25) is 10.3 Å². The van der Waals surface area contributed by atoms with Gasteiger partial charge in [0.05, 0.1) is 24.9 Å². The lowest BCUT2D eigenvalue weighted by atomic mass is 10.1. The smallest absolute Gasteiger partial charge is 0.108 e. The Hall–Kier alpha value is -0.650. The molecule has 0 bridgehead atoms. The summed E-state index contributed by atoms with van der Waals surface area (Å²) >= 11 is 0. The molecule has 1 saturated heterocycles. The molecule has 1 heterocycles. The van der Waals surface area contributed by atoms with Crippen LogP contribution in [-0.2, 0) is 4.74 Å². The van der Waals surface area contributed by atoms with Gasteiger partial charge in [0.25, 0.3) is 0 Å². The summed E-state index contributed by atoms with van der Waals surface area (Å²) in [7, 11) is 0. The number of hydrogen-bond acceptors (Lipinski definition) is 4. The molecule has 5 heteroatoms. The molecule has 1 fully saturated rings. The average molecular weight is 215 g/mol. The molecule has 15 heavy (non-hydrogen) atoms. The van der Waals surface area contributed by atoms with Crippen molar-refractivity contribution in [1.82, 2.24) is 4.90 Å². The van der Waals surface area contributed by atoms with Crippen molar-refractivity contribution in [3.05, 3.63) is 0 Å². The molecule has 3 atom stereocenters. The summed E-state index contributed by atoms with van der Waals surface area (Å²) < 4.78 is 5.54. The Bertz CT molecular complexity index is 223. The van der Waals surface area contributed by atoms with E-state index in [1.54, 1.807) is 0 Å². The molecular weight excluding hydrogens is 194 g/mol. The molecule has 1 rings (SSSR count). The molecule has 0 spiro atoms. The van der Waals surface area contributed by atoms with Gasteiger partial charge in [0.1, 0.15) is 5.84 Å². The van der Waals surface area contributed by atoms with E-state index >= 15 is 0 Å². The van der Waals surface area contributed by atoms with E-state index in [1.165, 1.54) is 0 Å². The third-order valence-electron chi connectivity index (χ3n) is 2.74. The van der Waals surface area contributed by atoms with Gasteiger partial charge in [-0.1, -0.05) is 6.92 Å². The molecule has 1 aliphatic heterocycles. The topological polar surface area (TPSA) is 82.6 Å². The Morgan fingerprint density at radius 1 is 1.67 bits per heavy atom. The molecule has 0 aliphatic carbocycles. The fraction of sp³-hybridized carbons (Fsp3) is 0.900. The summed E-state index contributed by atoms with van der Waals surface area (Å²) in [5, 5.41) is 16.6. The van der Waals surface area contributed by atoms with Crippen LogP contribution < -0.4 is 5.73 Å². The third kappa shape index (κ3) is 3.15. The zero-order valence-electron chi connectivity index (χ0n) is 9.44. The Kier molecular flexibility index (Phi) is 4.50. The van der Waals surface area contributed by atoms with Crippen LogP contribution >= 0.6 is 0 Å². The summed E-state index contributed by atoms with van der Waals surface area (Å²) in [6.45, 7) is 5.44. The molecule has 0 aromatic carbocycles. The number of aliphatic hydroxyl groups is 1. The predicted octanol–water partition coefficient (Wildman–Crippen LogP) is -0.217. The molecule has 0 saturated carbocycles. The van der Waals surface area contributed by atoms with Crippen molar-refractivity contribution in [2.75, 3.05) is 19.7 Å². The van der Waals surface area contributed by atoms with Crippen molar-refractivity contribution < 1.29 is 9.84 Å². The first-order valence-corrected chi connectivity index (χ1v) is 5.42. The van der Waals surface area contributed by atoms with Gasteiger partial charge in [0, 0.05) is 13.1 Å². The van der Waals surface area contributed by atoms with E-state index in [0.29, 0.717) is 6.54 Å². The van der Waals surface area contributed by atoms with Crippen molar-refractivity contribution in [3.8, 4) is 0 Å². The van der Waals surface area contributed by atoms with Crippen molar-refractivity contribution in [3.63, 3.8) is 0 Å². The maximum Gasteiger partial charge on any atom is 0.108 e. The lowest BCUT2D eigenvalue weighted by Gasteiger charge is -2.39. The second kappa shape index (κ2) is 5.44. The maximum atomic E-state index is 9.08. The van der Waals surface area contributed by atoms with Gasteiger partial charge in [-0.25, -0.2) is 0 Å². The van der Waals surface area contributed by atoms with Gasteiger partial charge in [0.2, 0.25) is 0 Å². The molecule has 0 amide bonds. The number of nitrogens with one attached hydrogen (secondary N) is 1. The average Bonchev–Trinajstić information content (AvgIpc) is 2.17. The zero-order valence-corrected chi connectivity index (χ0v) is 9.44.